The average molecular weight is 342 g/mol. The van der Waals surface area contributed by atoms with Crippen molar-refractivity contribution in [1.82, 2.24) is 14.8 Å². The van der Waals surface area contributed by atoms with Crippen LogP contribution < -0.4 is 10.6 Å². The predicted molar refractivity (Wildman–Crippen MR) is 92.3 cm³/mol. The molecule has 0 atom stereocenters. The van der Waals surface area contributed by atoms with Crippen molar-refractivity contribution in [3.05, 3.63) is 65.5 Å². The molecule has 0 aliphatic carbocycles. The van der Waals surface area contributed by atoms with Crippen LogP contribution in [0.25, 0.3) is 0 Å². The van der Waals surface area contributed by atoms with E-state index < -0.39 is 11.6 Å². The molecule has 6 nitrogen and oxygen atoms in total. The van der Waals surface area contributed by atoms with Gasteiger partial charge in [-0.2, -0.15) is 5.10 Å². The van der Waals surface area contributed by atoms with Crippen LogP contribution in [0.15, 0.2) is 42.7 Å². The zero-order chi connectivity index (χ0) is 17.8. The summed E-state index contributed by atoms with van der Waals surface area (Å²) in [7, 11) is 1.80. The Morgan fingerprint density at radius 3 is 2.76 bits per heavy atom. The van der Waals surface area contributed by atoms with Gasteiger partial charge >= 0.3 is 0 Å². The van der Waals surface area contributed by atoms with Crippen molar-refractivity contribution in [1.29, 1.82) is 5.41 Å². The first kappa shape index (κ1) is 16.6. The Labute approximate surface area is 143 Å². The highest BCUT2D eigenvalue weighted by molar-refractivity contribution is 5.86. The second-order valence-electron chi connectivity index (χ2n) is 5.39. The van der Waals surface area contributed by atoms with Gasteiger partial charge in [0.25, 0.3) is 0 Å². The fourth-order valence-electron chi connectivity index (χ4n) is 2.28. The minimum absolute atomic E-state index is 0.0808. The van der Waals surface area contributed by atoms with Gasteiger partial charge in [0, 0.05) is 61.1 Å². The van der Waals surface area contributed by atoms with Gasteiger partial charge in [0.05, 0.1) is 0 Å². The quantitative estimate of drug-likeness (QED) is 0.600. The Hall–Kier alpha value is -3.29. The van der Waals surface area contributed by atoms with E-state index in [1.165, 1.54) is 6.20 Å². The summed E-state index contributed by atoms with van der Waals surface area (Å²) in [5.74, 6) is 0.148. The number of benzene rings is 1. The average Bonchev–Trinajstić information content (AvgIpc) is 3.00. The first-order valence-corrected chi connectivity index (χ1v) is 7.50. The van der Waals surface area contributed by atoms with Crippen LogP contribution >= 0.6 is 0 Å². The number of hydrogen-bond acceptors (Lipinski definition) is 5. The summed E-state index contributed by atoms with van der Waals surface area (Å²) in [4.78, 5) is 4.22. The molecule has 0 aliphatic heterocycles. The number of rotatable bonds is 6. The van der Waals surface area contributed by atoms with E-state index >= 15 is 0 Å². The Bertz CT molecular complexity index is 906. The van der Waals surface area contributed by atoms with Crippen molar-refractivity contribution in [2.45, 2.75) is 6.54 Å². The monoisotopic (exact) mass is 342 g/mol. The highest BCUT2D eigenvalue weighted by atomic mass is 19.1. The number of pyridine rings is 1. The minimum Gasteiger partial charge on any atom is -0.380 e. The standard InChI is InChI=1S/C17H16F2N6/c1-25-5-4-16(24-25)23-17-7-15(12(8-20)10-22-17)21-9-11-6-13(18)2-3-14(11)19/h2-8,10,20H,9H2,1H3,(H2,21,22,23,24). The highest BCUT2D eigenvalue weighted by Gasteiger charge is 2.08. The number of nitrogens with one attached hydrogen (secondary N) is 3. The van der Waals surface area contributed by atoms with Crippen molar-refractivity contribution >= 4 is 23.5 Å². The Balaban J connectivity index is 1.80. The topological polar surface area (TPSA) is 78.6 Å². The third kappa shape index (κ3) is 3.97. The third-order valence-corrected chi connectivity index (χ3v) is 3.54. The second kappa shape index (κ2) is 7.08. The molecule has 3 aromatic rings. The highest BCUT2D eigenvalue weighted by Crippen LogP contribution is 2.21. The molecule has 0 fully saturated rings. The molecule has 0 saturated heterocycles. The van der Waals surface area contributed by atoms with Gasteiger partial charge in [0.1, 0.15) is 17.5 Å². The largest absolute Gasteiger partial charge is 0.380 e. The van der Waals surface area contributed by atoms with E-state index in [-0.39, 0.29) is 12.1 Å². The number of aryl methyl sites for hydroxylation is 1. The van der Waals surface area contributed by atoms with Crippen LogP contribution in [-0.4, -0.2) is 21.0 Å². The van der Waals surface area contributed by atoms with Crippen molar-refractivity contribution in [2.24, 2.45) is 7.05 Å². The van der Waals surface area contributed by atoms with Crippen LogP contribution in [0.1, 0.15) is 11.1 Å². The SMILES string of the molecule is Cn1ccc(Nc2cc(NCc3cc(F)ccc3F)c(C=N)cn2)n1. The molecular formula is C17H16F2N6. The van der Waals surface area contributed by atoms with Crippen molar-refractivity contribution in [3.63, 3.8) is 0 Å². The molecular weight excluding hydrogens is 326 g/mol. The molecule has 0 amide bonds. The van der Waals surface area contributed by atoms with E-state index in [9.17, 15) is 8.78 Å². The second-order valence-corrected chi connectivity index (χ2v) is 5.39. The van der Waals surface area contributed by atoms with Crippen LogP contribution in [0.2, 0.25) is 0 Å². The number of anilines is 3. The van der Waals surface area contributed by atoms with Gasteiger partial charge in [0.15, 0.2) is 5.82 Å². The molecule has 0 unspecified atom stereocenters. The third-order valence-electron chi connectivity index (χ3n) is 3.54. The lowest BCUT2D eigenvalue weighted by Crippen LogP contribution is -2.06. The molecule has 0 radical (unpaired) electrons. The summed E-state index contributed by atoms with van der Waals surface area (Å²) >= 11 is 0. The summed E-state index contributed by atoms with van der Waals surface area (Å²) < 4.78 is 28.7. The predicted octanol–water partition coefficient (Wildman–Crippen LogP) is 3.45. The lowest BCUT2D eigenvalue weighted by Gasteiger charge is -2.12. The fourth-order valence-corrected chi connectivity index (χ4v) is 2.28. The lowest BCUT2D eigenvalue weighted by molar-refractivity contribution is 0.587. The molecule has 25 heavy (non-hydrogen) atoms. The van der Waals surface area contributed by atoms with Gasteiger partial charge in [-0.1, -0.05) is 0 Å². The van der Waals surface area contributed by atoms with Crippen molar-refractivity contribution < 1.29 is 8.78 Å². The molecule has 0 saturated carbocycles. The molecule has 3 rings (SSSR count). The van der Waals surface area contributed by atoms with Crippen LogP contribution in [0.5, 0.6) is 0 Å². The van der Waals surface area contributed by atoms with Crippen LogP contribution in [0.4, 0.5) is 26.1 Å². The van der Waals surface area contributed by atoms with Crippen LogP contribution in [0.3, 0.4) is 0 Å². The number of hydrogen-bond donors (Lipinski definition) is 3. The molecule has 2 heterocycles. The minimum atomic E-state index is -0.502. The van der Waals surface area contributed by atoms with E-state index in [2.05, 4.69) is 20.7 Å². The summed E-state index contributed by atoms with van der Waals surface area (Å²) in [6, 6.07) is 6.78. The van der Waals surface area contributed by atoms with Crippen LogP contribution in [0, 0.1) is 17.0 Å². The van der Waals surface area contributed by atoms with Gasteiger partial charge in [-0.05, 0) is 18.2 Å². The lowest BCUT2D eigenvalue weighted by atomic mass is 10.2. The molecule has 128 valence electrons. The first-order chi connectivity index (χ1) is 12.0. The van der Waals surface area contributed by atoms with Gasteiger partial charge in [-0.3, -0.25) is 4.68 Å². The van der Waals surface area contributed by atoms with Gasteiger partial charge < -0.3 is 16.0 Å². The van der Waals surface area contributed by atoms with E-state index in [1.807, 2.05) is 0 Å². The molecule has 0 spiro atoms. The first-order valence-electron chi connectivity index (χ1n) is 7.50. The Kier molecular flexibility index (Phi) is 4.69. The molecule has 8 heteroatoms. The van der Waals surface area contributed by atoms with Gasteiger partial charge in [-0.15, -0.1) is 0 Å². The number of aromatic nitrogens is 3. The molecule has 2 aromatic heterocycles. The zero-order valence-electron chi connectivity index (χ0n) is 13.4. The Morgan fingerprint density at radius 2 is 2.04 bits per heavy atom. The maximum Gasteiger partial charge on any atom is 0.153 e. The fraction of sp³-hybridized carbons (Fsp3) is 0.118. The summed E-state index contributed by atoms with van der Waals surface area (Å²) in [6.45, 7) is 0.0808. The maximum atomic E-state index is 13.7. The summed E-state index contributed by atoms with van der Waals surface area (Å²) in [5.41, 5.74) is 1.31. The smallest absolute Gasteiger partial charge is 0.153 e. The van der Waals surface area contributed by atoms with Crippen molar-refractivity contribution in [3.8, 4) is 0 Å². The van der Waals surface area contributed by atoms with E-state index in [1.54, 1.807) is 30.1 Å². The van der Waals surface area contributed by atoms with E-state index in [4.69, 9.17) is 5.41 Å². The Morgan fingerprint density at radius 1 is 1.20 bits per heavy atom. The van der Waals surface area contributed by atoms with E-state index in [0.29, 0.717) is 22.9 Å². The summed E-state index contributed by atoms with van der Waals surface area (Å²) in [5, 5.41) is 17.7. The van der Waals surface area contributed by atoms with Crippen molar-refractivity contribution in [2.75, 3.05) is 10.6 Å². The van der Waals surface area contributed by atoms with Crippen LogP contribution in [-0.2, 0) is 13.6 Å². The van der Waals surface area contributed by atoms with E-state index in [0.717, 1.165) is 24.4 Å². The summed E-state index contributed by atoms with van der Waals surface area (Å²) in [6.07, 6.45) is 4.45. The molecule has 1 aromatic carbocycles. The normalized spacial score (nSPS) is 10.5. The molecule has 0 aliphatic rings. The zero-order valence-corrected chi connectivity index (χ0v) is 13.4. The van der Waals surface area contributed by atoms with Gasteiger partial charge in [0.2, 0.25) is 0 Å². The number of halogens is 2. The maximum absolute atomic E-state index is 13.7. The van der Waals surface area contributed by atoms with Gasteiger partial charge in [-0.25, -0.2) is 13.8 Å². The molecule has 0 bridgehead atoms. The number of nitrogens with zero attached hydrogens (tertiary/aromatic N) is 3. The molecule has 3 N–H and O–H groups in total.